The number of H-pyrrole nitrogens is 1. The summed E-state index contributed by atoms with van der Waals surface area (Å²) in [6.45, 7) is 6.19. The van der Waals surface area contributed by atoms with Gasteiger partial charge in [0.2, 0.25) is 11.9 Å². The van der Waals surface area contributed by atoms with Gasteiger partial charge in [0.25, 0.3) is 0 Å². The van der Waals surface area contributed by atoms with Gasteiger partial charge in [-0.2, -0.15) is 0 Å². The molecule has 1 aromatic carbocycles. The molecule has 3 heterocycles. The Bertz CT molecular complexity index is 1350. The Labute approximate surface area is 203 Å². The first-order valence-electron chi connectivity index (χ1n) is 11.5. The zero-order chi connectivity index (χ0) is 24.9. The second-order valence-corrected chi connectivity index (χ2v) is 8.52. The Kier molecular flexibility index (Phi) is 7.05. The van der Waals surface area contributed by atoms with Crippen LogP contribution in [0.4, 0.5) is 17.5 Å². The van der Waals surface area contributed by atoms with E-state index in [0.29, 0.717) is 18.3 Å². The van der Waals surface area contributed by atoms with E-state index in [-0.39, 0.29) is 24.7 Å². The van der Waals surface area contributed by atoms with Crippen LogP contribution in [0.3, 0.4) is 0 Å². The van der Waals surface area contributed by atoms with Gasteiger partial charge < -0.3 is 15.4 Å². The predicted octanol–water partition coefficient (Wildman–Crippen LogP) is 4.58. The van der Waals surface area contributed by atoms with Crippen molar-refractivity contribution < 1.29 is 14.7 Å². The highest BCUT2D eigenvalue weighted by Crippen LogP contribution is 2.23. The van der Waals surface area contributed by atoms with Crippen molar-refractivity contribution in [3.05, 3.63) is 71.7 Å². The highest BCUT2D eigenvalue weighted by molar-refractivity contribution is 5.94. The molecule has 0 saturated heterocycles. The summed E-state index contributed by atoms with van der Waals surface area (Å²) in [4.78, 5) is 42.1. The molecule has 3 N–H and O–H groups in total. The van der Waals surface area contributed by atoms with Gasteiger partial charge in [-0.05, 0) is 60.7 Å². The molecule has 9 nitrogen and oxygen atoms in total. The first-order valence-corrected chi connectivity index (χ1v) is 11.5. The molecule has 9 heteroatoms. The molecule has 0 aliphatic rings. The largest absolute Gasteiger partial charge is 0.481 e. The third-order valence-corrected chi connectivity index (χ3v) is 5.89. The van der Waals surface area contributed by atoms with E-state index in [0.717, 1.165) is 33.4 Å². The maximum atomic E-state index is 13.1. The second-order valence-electron chi connectivity index (χ2n) is 8.52. The number of nitrogens with zero attached hydrogens (tertiary/aromatic N) is 4. The molecule has 0 aliphatic heterocycles. The lowest BCUT2D eigenvalue weighted by atomic mass is 10.00. The number of pyridine rings is 2. The lowest BCUT2D eigenvalue weighted by Gasteiger charge is -2.20. The van der Waals surface area contributed by atoms with Crippen molar-refractivity contribution in [3.8, 4) is 0 Å². The SMILES string of the molecule is CCN(C(=O)Cc1ccc2[nH]c(Nc3ccncc3C)nc2c1)c1ccc(C(C)CC(=O)O)cn1. The van der Waals surface area contributed by atoms with Gasteiger partial charge in [0.15, 0.2) is 0 Å². The fourth-order valence-electron chi connectivity index (χ4n) is 3.93. The highest BCUT2D eigenvalue weighted by atomic mass is 16.4. The summed E-state index contributed by atoms with van der Waals surface area (Å²) in [7, 11) is 0. The molecule has 1 unspecified atom stereocenters. The summed E-state index contributed by atoms with van der Waals surface area (Å²) in [6.07, 6.45) is 5.40. The smallest absolute Gasteiger partial charge is 0.303 e. The van der Waals surface area contributed by atoms with Gasteiger partial charge in [0.05, 0.1) is 23.9 Å². The molecule has 0 aliphatic carbocycles. The van der Waals surface area contributed by atoms with E-state index in [4.69, 9.17) is 5.11 Å². The Balaban J connectivity index is 1.47. The summed E-state index contributed by atoms with van der Waals surface area (Å²) in [5.74, 6) is 0.0867. The van der Waals surface area contributed by atoms with Crippen molar-refractivity contribution in [1.82, 2.24) is 19.9 Å². The Morgan fingerprint density at radius 1 is 1.17 bits per heavy atom. The first-order chi connectivity index (χ1) is 16.8. The quantitative estimate of drug-likeness (QED) is 0.326. The van der Waals surface area contributed by atoms with E-state index < -0.39 is 5.97 Å². The number of imidazole rings is 1. The molecule has 0 saturated carbocycles. The molecule has 4 rings (SSSR count). The van der Waals surface area contributed by atoms with Gasteiger partial charge in [-0.3, -0.25) is 19.5 Å². The highest BCUT2D eigenvalue weighted by Gasteiger charge is 2.18. The van der Waals surface area contributed by atoms with Crippen LogP contribution < -0.4 is 10.2 Å². The minimum absolute atomic E-state index is 0.0342. The molecule has 35 heavy (non-hydrogen) atoms. The second kappa shape index (κ2) is 10.3. The van der Waals surface area contributed by atoms with Crippen LogP contribution in [0.2, 0.25) is 0 Å². The topological polar surface area (TPSA) is 124 Å². The maximum Gasteiger partial charge on any atom is 0.303 e. The van der Waals surface area contributed by atoms with Crippen molar-refractivity contribution in [2.75, 3.05) is 16.8 Å². The number of aromatic amines is 1. The van der Waals surface area contributed by atoms with Crippen LogP contribution in [0.15, 0.2) is 55.0 Å². The van der Waals surface area contributed by atoms with Crippen molar-refractivity contribution in [1.29, 1.82) is 0 Å². The predicted molar refractivity (Wildman–Crippen MR) is 135 cm³/mol. The average molecular weight is 473 g/mol. The molecule has 4 aromatic rings. The third-order valence-electron chi connectivity index (χ3n) is 5.89. The molecular formula is C26H28N6O3. The minimum Gasteiger partial charge on any atom is -0.481 e. The molecule has 0 fully saturated rings. The van der Waals surface area contributed by atoms with Gasteiger partial charge in [0, 0.05) is 30.8 Å². The molecular weight excluding hydrogens is 444 g/mol. The number of likely N-dealkylation sites (N-methyl/N-ethyl adjacent to an activating group) is 1. The summed E-state index contributed by atoms with van der Waals surface area (Å²) < 4.78 is 0. The summed E-state index contributed by atoms with van der Waals surface area (Å²) in [5.41, 5.74) is 5.25. The number of hydrogen-bond donors (Lipinski definition) is 3. The van der Waals surface area contributed by atoms with E-state index in [9.17, 15) is 9.59 Å². The van der Waals surface area contributed by atoms with E-state index in [1.807, 2.05) is 51.1 Å². The molecule has 1 atom stereocenters. The van der Waals surface area contributed by atoms with Crippen molar-refractivity contribution in [3.63, 3.8) is 0 Å². The van der Waals surface area contributed by atoms with E-state index >= 15 is 0 Å². The first kappa shape index (κ1) is 23.9. The number of carbonyl (C=O) groups excluding carboxylic acids is 1. The molecule has 0 spiro atoms. The molecule has 0 bridgehead atoms. The number of nitrogens with one attached hydrogen (secondary N) is 2. The van der Waals surface area contributed by atoms with Crippen LogP contribution >= 0.6 is 0 Å². The van der Waals surface area contributed by atoms with Gasteiger partial charge in [0.1, 0.15) is 5.82 Å². The number of rotatable bonds is 9. The zero-order valence-corrected chi connectivity index (χ0v) is 19.9. The van der Waals surface area contributed by atoms with Crippen LogP contribution in [0.25, 0.3) is 11.0 Å². The molecule has 1 amide bonds. The van der Waals surface area contributed by atoms with Crippen LogP contribution in [-0.2, 0) is 16.0 Å². The van der Waals surface area contributed by atoms with Crippen LogP contribution in [0.5, 0.6) is 0 Å². The van der Waals surface area contributed by atoms with E-state index in [2.05, 4.69) is 25.3 Å². The minimum atomic E-state index is -0.851. The zero-order valence-electron chi connectivity index (χ0n) is 19.9. The number of anilines is 3. The third kappa shape index (κ3) is 5.63. The number of benzene rings is 1. The maximum absolute atomic E-state index is 13.1. The summed E-state index contributed by atoms with van der Waals surface area (Å²) in [6, 6.07) is 11.2. The molecule has 180 valence electrons. The number of aliphatic carboxylic acids is 1. The summed E-state index contributed by atoms with van der Waals surface area (Å²) in [5, 5.41) is 12.3. The number of hydrogen-bond acceptors (Lipinski definition) is 6. The fraction of sp³-hybridized carbons (Fsp3) is 0.269. The number of aryl methyl sites for hydroxylation is 1. The Hall–Kier alpha value is -4.27. The molecule has 0 radical (unpaired) electrons. The Morgan fingerprint density at radius 3 is 2.69 bits per heavy atom. The number of amides is 1. The van der Waals surface area contributed by atoms with Crippen LogP contribution in [0.1, 0.15) is 42.9 Å². The van der Waals surface area contributed by atoms with Gasteiger partial charge >= 0.3 is 5.97 Å². The van der Waals surface area contributed by atoms with Crippen molar-refractivity contribution >= 4 is 40.4 Å². The number of carboxylic acids is 1. The van der Waals surface area contributed by atoms with Crippen molar-refractivity contribution in [2.45, 2.75) is 39.5 Å². The van der Waals surface area contributed by atoms with E-state index in [1.165, 1.54) is 0 Å². The number of carboxylic acid groups (broad SMARTS) is 1. The average Bonchev–Trinajstić information content (AvgIpc) is 3.22. The normalized spacial score (nSPS) is 11.9. The van der Waals surface area contributed by atoms with Crippen LogP contribution in [-0.4, -0.2) is 43.5 Å². The standard InChI is InChI=1S/C26H28N6O3/c1-4-32(23-8-6-19(15-28-23)16(2)11-25(34)35)24(33)13-18-5-7-21-22(12-18)31-26(30-21)29-20-9-10-27-14-17(20)3/h5-10,12,14-16H,4,11,13H2,1-3H3,(H,34,35)(H2,27,29,30,31). The lowest BCUT2D eigenvalue weighted by Crippen LogP contribution is -2.32. The lowest BCUT2D eigenvalue weighted by molar-refractivity contribution is -0.137. The number of carbonyl (C=O) groups is 2. The number of fused-ring (bicyclic) bond motifs is 1. The van der Waals surface area contributed by atoms with Gasteiger partial charge in [-0.15, -0.1) is 0 Å². The number of aromatic nitrogens is 4. The van der Waals surface area contributed by atoms with E-state index in [1.54, 1.807) is 29.6 Å². The van der Waals surface area contributed by atoms with Gasteiger partial charge in [-0.1, -0.05) is 19.1 Å². The van der Waals surface area contributed by atoms with Gasteiger partial charge in [-0.25, -0.2) is 9.97 Å². The van der Waals surface area contributed by atoms with Crippen molar-refractivity contribution in [2.24, 2.45) is 0 Å². The van der Waals surface area contributed by atoms with Crippen LogP contribution in [0, 0.1) is 6.92 Å². The summed E-state index contributed by atoms with van der Waals surface area (Å²) >= 11 is 0. The fourth-order valence-corrected chi connectivity index (χ4v) is 3.93. The monoisotopic (exact) mass is 472 g/mol. The Morgan fingerprint density at radius 2 is 2.00 bits per heavy atom. The molecule has 3 aromatic heterocycles.